The molecule has 1 aliphatic rings. The number of nitrogens with one attached hydrogen (secondary N) is 1. The predicted molar refractivity (Wildman–Crippen MR) is 101 cm³/mol. The molecule has 0 bridgehead atoms. The molecule has 0 aliphatic carbocycles. The van der Waals surface area contributed by atoms with Crippen molar-refractivity contribution in [1.82, 2.24) is 10.2 Å². The third kappa shape index (κ3) is 6.09. The zero-order valence-electron chi connectivity index (χ0n) is 14.1. The predicted octanol–water partition coefficient (Wildman–Crippen LogP) is 3.53. The summed E-state index contributed by atoms with van der Waals surface area (Å²) in [7, 11) is 0. The van der Waals surface area contributed by atoms with Crippen LogP contribution in [0.2, 0.25) is 0 Å². The van der Waals surface area contributed by atoms with Gasteiger partial charge in [-0.1, -0.05) is 13.8 Å². The number of benzene rings is 1. The average molecular weight is 380 g/mol. The summed E-state index contributed by atoms with van der Waals surface area (Å²) in [5.41, 5.74) is 0.734. The van der Waals surface area contributed by atoms with E-state index in [4.69, 9.17) is 0 Å². The van der Waals surface area contributed by atoms with Crippen molar-refractivity contribution in [1.29, 1.82) is 0 Å². The van der Waals surface area contributed by atoms with Gasteiger partial charge in [0, 0.05) is 38.3 Å². The highest BCUT2D eigenvalue weighted by Gasteiger charge is 2.28. The number of nitro benzene ring substituents is 1. The molecule has 1 fully saturated rings. The highest BCUT2D eigenvalue weighted by molar-refractivity contribution is 5.85. The van der Waals surface area contributed by atoms with Crippen molar-refractivity contribution >= 4 is 30.5 Å². The van der Waals surface area contributed by atoms with Crippen LogP contribution in [0.15, 0.2) is 18.2 Å². The van der Waals surface area contributed by atoms with E-state index in [1.807, 2.05) is 0 Å². The second-order valence-corrected chi connectivity index (χ2v) is 6.27. The normalized spacial score (nSPS) is 16.1. The molecular formula is C16H27Cl2N3O3. The van der Waals surface area contributed by atoms with Gasteiger partial charge in [0.05, 0.1) is 10.5 Å². The third-order valence-electron chi connectivity index (χ3n) is 4.18. The lowest BCUT2D eigenvalue weighted by Crippen LogP contribution is -2.45. The Bertz CT molecular complexity index is 523. The van der Waals surface area contributed by atoms with Crippen LogP contribution in [-0.4, -0.2) is 41.1 Å². The molecule has 0 radical (unpaired) electrons. The van der Waals surface area contributed by atoms with Crippen molar-refractivity contribution < 1.29 is 10.0 Å². The number of piperazine rings is 1. The van der Waals surface area contributed by atoms with E-state index < -0.39 is 0 Å². The molecule has 1 saturated heterocycles. The van der Waals surface area contributed by atoms with Gasteiger partial charge in [-0.2, -0.15) is 0 Å². The smallest absolute Gasteiger partial charge is 0.274 e. The summed E-state index contributed by atoms with van der Waals surface area (Å²) in [6, 6.07) is 4.34. The number of nitro groups is 1. The van der Waals surface area contributed by atoms with Crippen LogP contribution in [0.5, 0.6) is 5.75 Å². The van der Waals surface area contributed by atoms with Crippen LogP contribution in [-0.2, 0) is 0 Å². The van der Waals surface area contributed by atoms with E-state index in [2.05, 4.69) is 24.1 Å². The van der Waals surface area contributed by atoms with E-state index in [1.165, 1.54) is 12.1 Å². The molecule has 1 aromatic rings. The Morgan fingerprint density at radius 1 is 1.25 bits per heavy atom. The highest BCUT2D eigenvalue weighted by Crippen LogP contribution is 2.35. The van der Waals surface area contributed by atoms with Crippen LogP contribution in [0.25, 0.3) is 0 Å². The van der Waals surface area contributed by atoms with Crippen LogP contribution in [0, 0.1) is 16.0 Å². The van der Waals surface area contributed by atoms with Crippen LogP contribution in [0.4, 0.5) is 5.69 Å². The lowest BCUT2D eigenvalue weighted by molar-refractivity contribution is -0.386. The number of rotatable bonds is 6. The van der Waals surface area contributed by atoms with E-state index >= 15 is 0 Å². The summed E-state index contributed by atoms with van der Waals surface area (Å²) in [5.74, 6) is 0.632. The van der Waals surface area contributed by atoms with Gasteiger partial charge in [0.1, 0.15) is 5.75 Å². The second kappa shape index (κ2) is 10.7. The Morgan fingerprint density at radius 3 is 2.42 bits per heavy atom. The Hall–Kier alpha value is -1.08. The topological polar surface area (TPSA) is 78.6 Å². The largest absolute Gasteiger partial charge is 0.508 e. The summed E-state index contributed by atoms with van der Waals surface area (Å²) in [6.07, 6.45) is 1.86. The maximum atomic E-state index is 11.4. The molecule has 0 amide bonds. The van der Waals surface area contributed by atoms with Gasteiger partial charge in [-0.3, -0.25) is 15.0 Å². The van der Waals surface area contributed by atoms with Crippen molar-refractivity contribution in [3.05, 3.63) is 33.9 Å². The molecule has 0 saturated carbocycles. The third-order valence-corrected chi connectivity index (χ3v) is 4.18. The maximum Gasteiger partial charge on any atom is 0.274 e. The monoisotopic (exact) mass is 379 g/mol. The van der Waals surface area contributed by atoms with E-state index in [9.17, 15) is 15.2 Å². The zero-order chi connectivity index (χ0) is 16.1. The first-order valence-corrected chi connectivity index (χ1v) is 7.91. The lowest BCUT2D eigenvalue weighted by atomic mass is 9.94. The van der Waals surface area contributed by atoms with Crippen LogP contribution in [0.3, 0.4) is 0 Å². The number of nitrogens with zero attached hydrogens (tertiary/aromatic N) is 2. The number of hydrogen-bond acceptors (Lipinski definition) is 5. The van der Waals surface area contributed by atoms with E-state index in [-0.39, 0.29) is 47.2 Å². The van der Waals surface area contributed by atoms with Gasteiger partial charge < -0.3 is 10.4 Å². The van der Waals surface area contributed by atoms with Crippen LogP contribution >= 0.6 is 24.8 Å². The Morgan fingerprint density at radius 2 is 1.88 bits per heavy atom. The number of phenolic OH excluding ortho intramolecular Hbond substituents is 1. The average Bonchev–Trinajstić information content (AvgIpc) is 2.48. The number of aromatic hydroxyl groups is 1. The molecular weight excluding hydrogens is 353 g/mol. The molecule has 1 heterocycles. The Labute approximate surface area is 155 Å². The second-order valence-electron chi connectivity index (χ2n) is 6.27. The molecule has 1 atom stereocenters. The quantitative estimate of drug-likeness (QED) is 0.583. The van der Waals surface area contributed by atoms with Gasteiger partial charge >= 0.3 is 0 Å². The first-order chi connectivity index (χ1) is 10.5. The van der Waals surface area contributed by atoms with Crippen molar-refractivity contribution in [2.24, 2.45) is 5.92 Å². The summed E-state index contributed by atoms with van der Waals surface area (Å²) < 4.78 is 0. The van der Waals surface area contributed by atoms with E-state index in [1.54, 1.807) is 6.07 Å². The number of halogens is 2. The minimum atomic E-state index is -0.348. The number of hydrogen-bond donors (Lipinski definition) is 2. The molecule has 2 N–H and O–H groups in total. The molecule has 0 aromatic heterocycles. The van der Waals surface area contributed by atoms with Crippen molar-refractivity contribution in [2.45, 2.75) is 32.7 Å². The van der Waals surface area contributed by atoms with Gasteiger partial charge in [-0.15, -0.1) is 24.8 Å². The molecule has 24 heavy (non-hydrogen) atoms. The van der Waals surface area contributed by atoms with E-state index in [0.717, 1.165) is 39.0 Å². The molecule has 8 heteroatoms. The van der Waals surface area contributed by atoms with Crippen LogP contribution < -0.4 is 5.32 Å². The standard InChI is InChI=1S/C16H25N3O3.2ClH/c1-12(2)3-5-15(18-9-7-17-8-10-18)14-11-13(20)4-6-16(14)19(21)22;;/h4,6,11-12,15,17,20H,3,5,7-10H2,1-2H3;2*1H/t15-;;/m0../s1. The molecule has 0 spiro atoms. The fourth-order valence-electron chi connectivity index (χ4n) is 2.99. The molecule has 138 valence electrons. The molecule has 1 aliphatic heterocycles. The molecule has 6 nitrogen and oxygen atoms in total. The Kier molecular flexibility index (Phi) is 10.2. The first-order valence-electron chi connectivity index (χ1n) is 7.91. The van der Waals surface area contributed by atoms with Crippen molar-refractivity contribution in [2.75, 3.05) is 26.2 Å². The molecule has 0 unspecified atom stereocenters. The van der Waals surface area contributed by atoms with Gasteiger partial charge in [-0.25, -0.2) is 0 Å². The summed E-state index contributed by atoms with van der Waals surface area (Å²) in [6.45, 7) is 7.85. The summed E-state index contributed by atoms with van der Waals surface area (Å²) in [5, 5.41) is 24.5. The van der Waals surface area contributed by atoms with Gasteiger partial charge in [-0.05, 0) is 30.9 Å². The van der Waals surface area contributed by atoms with E-state index in [0.29, 0.717) is 11.5 Å². The minimum Gasteiger partial charge on any atom is -0.508 e. The Balaban J connectivity index is 0.00000264. The molecule has 2 rings (SSSR count). The summed E-state index contributed by atoms with van der Waals surface area (Å²) >= 11 is 0. The number of phenols is 1. The lowest BCUT2D eigenvalue weighted by Gasteiger charge is -2.35. The van der Waals surface area contributed by atoms with Gasteiger partial charge in [0.15, 0.2) is 0 Å². The van der Waals surface area contributed by atoms with Crippen molar-refractivity contribution in [3.63, 3.8) is 0 Å². The molecule has 1 aromatic carbocycles. The van der Waals surface area contributed by atoms with Gasteiger partial charge in [0.2, 0.25) is 0 Å². The highest BCUT2D eigenvalue weighted by atomic mass is 35.5. The van der Waals surface area contributed by atoms with Crippen LogP contribution in [0.1, 0.15) is 38.3 Å². The fourth-order valence-corrected chi connectivity index (χ4v) is 2.99. The minimum absolute atomic E-state index is 0. The summed E-state index contributed by atoms with van der Waals surface area (Å²) in [4.78, 5) is 13.3. The van der Waals surface area contributed by atoms with Gasteiger partial charge in [0.25, 0.3) is 5.69 Å². The van der Waals surface area contributed by atoms with Crippen molar-refractivity contribution in [3.8, 4) is 5.75 Å². The SMILES string of the molecule is CC(C)CC[C@@H](c1cc(O)ccc1[N+](=O)[O-])N1CCNCC1.Cl.Cl. The zero-order valence-corrected chi connectivity index (χ0v) is 15.7. The maximum absolute atomic E-state index is 11.4. The first kappa shape index (κ1) is 22.9. The fraction of sp³-hybridized carbons (Fsp3) is 0.625.